The van der Waals surface area contributed by atoms with E-state index in [1.807, 2.05) is 30.3 Å². The first kappa shape index (κ1) is 24.0. The van der Waals surface area contributed by atoms with Crippen molar-refractivity contribution in [1.29, 1.82) is 0 Å². The van der Waals surface area contributed by atoms with Crippen LogP contribution in [-0.4, -0.2) is 73.3 Å². The quantitative estimate of drug-likeness (QED) is 0.372. The topological polar surface area (TPSA) is 73.0 Å². The molecule has 3 amide bonds. The molecule has 2 aliphatic rings. The molecule has 0 radical (unpaired) electrons. The summed E-state index contributed by atoms with van der Waals surface area (Å²) in [5.41, 5.74) is 2.38. The first-order chi connectivity index (χ1) is 17.6. The number of hydrogen-bond acceptors (Lipinski definition) is 5. The monoisotopic (exact) mass is 484 g/mol. The van der Waals surface area contributed by atoms with Gasteiger partial charge in [0.25, 0.3) is 11.8 Å². The molecule has 0 aromatic heterocycles. The number of rotatable bonds is 9. The Morgan fingerprint density at radius 3 is 2.08 bits per heavy atom. The number of piperazine rings is 1. The first-order valence-electron chi connectivity index (χ1n) is 12.8. The van der Waals surface area contributed by atoms with Gasteiger partial charge in [0.2, 0.25) is 5.91 Å². The van der Waals surface area contributed by atoms with Crippen molar-refractivity contribution in [2.75, 3.05) is 50.7 Å². The highest BCUT2D eigenvalue weighted by Gasteiger charge is 2.32. The van der Waals surface area contributed by atoms with Gasteiger partial charge in [-0.2, -0.15) is 0 Å². The summed E-state index contributed by atoms with van der Waals surface area (Å²) in [5, 5.41) is 4.60. The van der Waals surface area contributed by atoms with Crippen LogP contribution in [0.25, 0.3) is 10.8 Å². The van der Waals surface area contributed by atoms with Gasteiger partial charge in [-0.3, -0.25) is 24.2 Å². The van der Waals surface area contributed by atoms with Crippen LogP contribution in [0.3, 0.4) is 0 Å². The highest BCUT2D eigenvalue weighted by atomic mass is 16.2. The van der Waals surface area contributed by atoms with Crippen molar-refractivity contribution in [2.24, 2.45) is 0 Å². The summed E-state index contributed by atoms with van der Waals surface area (Å²) in [5.74, 6) is -0.600. The van der Waals surface area contributed by atoms with E-state index in [4.69, 9.17) is 0 Å². The Hall–Kier alpha value is -3.71. The number of carbonyl (C=O) groups is 3. The molecule has 1 saturated heterocycles. The maximum atomic E-state index is 12.9. The Balaban J connectivity index is 1.01. The highest BCUT2D eigenvalue weighted by molar-refractivity contribution is 6.25. The zero-order valence-electron chi connectivity index (χ0n) is 20.5. The Kier molecular flexibility index (Phi) is 7.28. The molecule has 7 nitrogen and oxygen atoms in total. The number of amides is 3. The van der Waals surface area contributed by atoms with E-state index in [1.54, 1.807) is 12.1 Å². The van der Waals surface area contributed by atoms with E-state index < -0.39 is 0 Å². The SMILES string of the molecule is O=C(CCCN1C(=O)c2cccc3cccc(c23)C1=O)NCCCN1CCN(c2ccccc2)CC1. The molecule has 0 unspecified atom stereocenters. The lowest BCUT2D eigenvalue weighted by molar-refractivity contribution is -0.121. The van der Waals surface area contributed by atoms with Crippen molar-refractivity contribution in [3.8, 4) is 0 Å². The molecule has 7 heteroatoms. The van der Waals surface area contributed by atoms with E-state index in [9.17, 15) is 14.4 Å². The molecule has 3 aromatic carbocycles. The summed E-state index contributed by atoms with van der Waals surface area (Å²) in [4.78, 5) is 44.4. The molecule has 5 rings (SSSR count). The molecule has 3 aromatic rings. The van der Waals surface area contributed by atoms with Gasteiger partial charge in [0.15, 0.2) is 0 Å². The minimum atomic E-state index is -0.280. The molecule has 1 fully saturated rings. The summed E-state index contributed by atoms with van der Waals surface area (Å²) in [6, 6.07) is 21.5. The van der Waals surface area contributed by atoms with Crippen LogP contribution < -0.4 is 10.2 Å². The van der Waals surface area contributed by atoms with Crippen LogP contribution >= 0.6 is 0 Å². The Morgan fingerprint density at radius 2 is 1.42 bits per heavy atom. The van der Waals surface area contributed by atoms with Gasteiger partial charge in [0.1, 0.15) is 0 Å². The molecule has 2 aliphatic heterocycles. The van der Waals surface area contributed by atoms with Crippen molar-refractivity contribution in [1.82, 2.24) is 15.1 Å². The fourth-order valence-corrected chi connectivity index (χ4v) is 5.17. The third-order valence-electron chi connectivity index (χ3n) is 7.11. The number of hydrogen-bond donors (Lipinski definition) is 1. The fraction of sp³-hybridized carbons (Fsp3) is 0.345. The lowest BCUT2D eigenvalue weighted by Crippen LogP contribution is -2.47. The van der Waals surface area contributed by atoms with Gasteiger partial charge in [-0.15, -0.1) is 0 Å². The van der Waals surface area contributed by atoms with Crippen LogP contribution in [-0.2, 0) is 4.79 Å². The van der Waals surface area contributed by atoms with Crippen LogP contribution in [0.4, 0.5) is 5.69 Å². The molecule has 0 saturated carbocycles. The van der Waals surface area contributed by atoms with Crippen LogP contribution in [0.1, 0.15) is 40.0 Å². The number of benzene rings is 3. The van der Waals surface area contributed by atoms with E-state index in [1.165, 1.54) is 10.6 Å². The van der Waals surface area contributed by atoms with E-state index in [2.05, 4.69) is 39.4 Å². The Labute approximate surface area is 211 Å². The van der Waals surface area contributed by atoms with Gasteiger partial charge >= 0.3 is 0 Å². The molecular weight excluding hydrogens is 452 g/mol. The smallest absolute Gasteiger partial charge is 0.261 e. The van der Waals surface area contributed by atoms with E-state index >= 15 is 0 Å². The molecule has 2 heterocycles. The average Bonchev–Trinajstić information content (AvgIpc) is 2.92. The molecule has 0 bridgehead atoms. The van der Waals surface area contributed by atoms with Gasteiger partial charge in [-0.1, -0.05) is 42.5 Å². The zero-order valence-corrected chi connectivity index (χ0v) is 20.5. The normalized spacial score (nSPS) is 16.0. The standard InChI is InChI=1S/C29H32N4O3/c34-26(30-15-7-16-31-18-20-32(21-19-31)23-10-2-1-3-11-23)14-6-17-33-28(35)24-12-4-8-22-9-5-13-25(27(22)24)29(33)36/h1-5,8-13H,6-7,14-21H2,(H,30,34). The molecule has 0 atom stereocenters. The molecule has 36 heavy (non-hydrogen) atoms. The number of carbonyl (C=O) groups excluding carboxylic acids is 3. The van der Waals surface area contributed by atoms with Crippen molar-refractivity contribution < 1.29 is 14.4 Å². The van der Waals surface area contributed by atoms with Gasteiger partial charge in [0, 0.05) is 67.9 Å². The number of imide groups is 1. The molecule has 186 valence electrons. The summed E-state index contributed by atoms with van der Waals surface area (Å²) in [6.07, 6.45) is 1.64. The average molecular weight is 485 g/mol. The molecular formula is C29H32N4O3. The molecule has 0 spiro atoms. The minimum Gasteiger partial charge on any atom is -0.369 e. The zero-order chi connectivity index (χ0) is 24.9. The lowest BCUT2D eigenvalue weighted by Gasteiger charge is -2.36. The van der Waals surface area contributed by atoms with Crippen molar-refractivity contribution in [3.05, 3.63) is 77.9 Å². The van der Waals surface area contributed by atoms with Gasteiger partial charge < -0.3 is 10.2 Å². The Morgan fingerprint density at radius 1 is 0.750 bits per heavy atom. The van der Waals surface area contributed by atoms with Crippen molar-refractivity contribution in [3.63, 3.8) is 0 Å². The van der Waals surface area contributed by atoms with E-state index in [0.717, 1.165) is 49.9 Å². The first-order valence-corrected chi connectivity index (χ1v) is 12.8. The second-order valence-electron chi connectivity index (χ2n) is 9.44. The van der Waals surface area contributed by atoms with Gasteiger partial charge in [-0.25, -0.2) is 0 Å². The summed E-state index contributed by atoms with van der Waals surface area (Å²) in [6.45, 7) is 5.92. The van der Waals surface area contributed by atoms with Gasteiger partial charge in [-0.05, 0) is 49.0 Å². The third-order valence-corrected chi connectivity index (χ3v) is 7.11. The maximum absolute atomic E-state index is 12.9. The van der Waals surface area contributed by atoms with Crippen LogP contribution in [0.15, 0.2) is 66.7 Å². The van der Waals surface area contributed by atoms with Crippen molar-refractivity contribution >= 4 is 34.2 Å². The number of nitrogens with one attached hydrogen (secondary N) is 1. The summed E-state index contributed by atoms with van der Waals surface area (Å²) >= 11 is 0. The Bertz CT molecular complexity index is 1200. The molecule has 1 N–H and O–H groups in total. The number of anilines is 1. The highest BCUT2D eigenvalue weighted by Crippen LogP contribution is 2.30. The van der Waals surface area contributed by atoms with E-state index in [-0.39, 0.29) is 24.3 Å². The lowest BCUT2D eigenvalue weighted by atomic mass is 9.94. The summed E-state index contributed by atoms with van der Waals surface area (Å²) in [7, 11) is 0. The van der Waals surface area contributed by atoms with Crippen LogP contribution in [0.2, 0.25) is 0 Å². The maximum Gasteiger partial charge on any atom is 0.261 e. The predicted octanol–water partition coefficient (Wildman–Crippen LogP) is 3.54. The summed E-state index contributed by atoms with van der Waals surface area (Å²) < 4.78 is 0. The fourth-order valence-electron chi connectivity index (χ4n) is 5.17. The van der Waals surface area contributed by atoms with Crippen LogP contribution in [0.5, 0.6) is 0 Å². The van der Waals surface area contributed by atoms with E-state index in [0.29, 0.717) is 30.5 Å². The number of nitrogens with zero attached hydrogens (tertiary/aromatic N) is 3. The largest absolute Gasteiger partial charge is 0.369 e. The third kappa shape index (κ3) is 5.11. The van der Waals surface area contributed by atoms with Gasteiger partial charge in [0.05, 0.1) is 0 Å². The van der Waals surface area contributed by atoms with Crippen molar-refractivity contribution in [2.45, 2.75) is 19.3 Å². The minimum absolute atomic E-state index is 0.0386. The predicted molar refractivity (Wildman–Crippen MR) is 141 cm³/mol. The number of para-hydroxylation sites is 1. The second-order valence-corrected chi connectivity index (χ2v) is 9.44. The second kappa shape index (κ2) is 10.9. The molecule has 0 aliphatic carbocycles. The van der Waals surface area contributed by atoms with Crippen LogP contribution in [0, 0.1) is 0 Å².